The molecule has 2 rings (SSSR count). The molecule has 0 heterocycles. The van der Waals surface area contributed by atoms with Gasteiger partial charge in [0.05, 0.1) is 39.0 Å². The highest BCUT2D eigenvalue weighted by Gasteiger charge is 2.17. The summed E-state index contributed by atoms with van der Waals surface area (Å²) in [7, 11) is 0.00704. The first-order chi connectivity index (χ1) is 9.19. The predicted octanol–water partition coefficient (Wildman–Crippen LogP) is 2.32. The number of hydrogen-bond acceptors (Lipinski definition) is 4. The van der Waals surface area contributed by atoms with Crippen molar-refractivity contribution in [2.45, 2.75) is 9.79 Å². The molecule has 96 valence electrons. The molecule has 0 aliphatic rings. The van der Waals surface area contributed by atoms with Gasteiger partial charge in [-0.2, -0.15) is 5.26 Å². The molecule has 0 saturated carbocycles. The van der Waals surface area contributed by atoms with Gasteiger partial charge >= 0.3 is 0 Å². The average Bonchev–Trinajstić information content (AvgIpc) is 2.46. The maximum atomic E-state index is 12.6. The van der Waals surface area contributed by atoms with Crippen LogP contribution in [0.2, 0.25) is 0 Å². The van der Waals surface area contributed by atoms with Crippen LogP contribution in [0.4, 0.5) is 5.69 Å². The van der Waals surface area contributed by atoms with Crippen molar-refractivity contribution in [1.29, 1.82) is 5.26 Å². The minimum Gasteiger partial charge on any atom is -0.495 e. The van der Waals surface area contributed by atoms with Crippen molar-refractivity contribution in [3.8, 4) is 11.8 Å². The van der Waals surface area contributed by atoms with Gasteiger partial charge in [0.15, 0.2) is 0 Å². The Labute approximate surface area is 113 Å². The van der Waals surface area contributed by atoms with E-state index in [1.165, 1.54) is 7.11 Å². The summed E-state index contributed by atoms with van der Waals surface area (Å²) in [5.41, 5.74) is 6.29. The zero-order valence-electron chi connectivity index (χ0n) is 10.3. The average molecular weight is 272 g/mol. The molecule has 0 radical (unpaired) electrons. The molecule has 0 fully saturated rings. The second-order valence-electron chi connectivity index (χ2n) is 3.75. The van der Waals surface area contributed by atoms with Crippen LogP contribution in [-0.2, 0) is 10.8 Å². The number of ether oxygens (including phenoxy) is 1. The Morgan fingerprint density at radius 2 is 1.84 bits per heavy atom. The minimum absolute atomic E-state index is 0.242. The van der Waals surface area contributed by atoms with Gasteiger partial charge in [0.1, 0.15) is 11.8 Å². The van der Waals surface area contributed by atoms with E-state index in [4.69, 9.17) is 15.7 Å². The van der Waals surface area contributed by atoms with Gasteiger partial charge in [-0.15, -0.1) is 0 Å². The molecular formula is C14H12N2O2S. The Balaban J connectivity index is 2.57. The van der Waals surface area contributed by atoms with Crippen molar-refractivity contribution < 1.29 is 8.95 Å². The van der Waals surface area contributed by atoms with Crippen LogP contribution in [0.25, 0.3) is 0 Å². The third-order valence-corrected chi connectivity index (χ3v) is 4.12. The summed E-state index contributed by atoms with van der Waals surface area (Å²) >= 11 is 0. The van der Waals surface area contributed by atoms with E-state index in [1.807, 2.05) is 6.07 Å². The van der Waals surface area contributed by atoms with E-state index in [2.05, 4.69) is 0 Å². The van der Waals surface area contributed by atoms with Crippen molar-refractivity contribution in [3.05, 3.63) is 48.0 Å². The van der Waals surface area contributed by atoms with Crippen molar-refractivity contribution >= 4 is 16.5 Å². The number of para-hydroxylation sites is 1. The molecule has 0 unspecified atom stereocenters. The largest absolute Gasteiger partial charge is 0.495 e. The number of methoxy groups -OCH3 is 1. The third kappa shape index (κ3) is 2.44. The van der Waals surface area contributed by atoms with Crippen molar-refractivity contribution in [2.75, 3.05) is 12.8 Å². The summed E-state index contributed by atoms with van der Waals surface area (Å²) in [5.74, 6) is 0.521. The maximum Gasteiger partial charge on any atom is 0.135 e. The Morgan fingerprint density at radius 3 is 2.53 bits per heavy atom. The normalized spacial score (nSPS) is 11.6. The van der Waals surface area contributed by atoms with Gasteiger partial charge in [0, 0.05) is 0 Å². The molecule has 4 nitrogen and oxygen atoms in total. The van der Waals surface area contributed by atoms with E-state index in [9.17, 15) is 4.21 Å². The fourth-order valence-electron chi connectivity index (χ4n) is 1.71. The Bertz CT molecular complexity index is 677. The van der Waals surface area contributed by atoms with Crippen LogP contribution < -0.4 is 10.5 Å². The number of hydrogen-bond donors (Lipinski definition) is 1. The molecule has 0 aliphatic carbocycles. The molecule has 2 aromatic rings. The Morgan fingerprint density at radius 1 is 1.16 bits per heavy atom. The van der Waals surface area contributed by atoms with Gasteiger partial charge in [-0.05, 0) is 24.3 Å². The van der Waals surface area contributed by atoms with E-state index in [-0.39, 0.29) is 5.56 Å². The lowest BCUT2D eigenvalue weighted by atomic mass is 10.2. The number of nitrogens with zero attached hydrogens (tertiary/aromatic N) is 1. The van der Waals surface area contributed by atoms with E-state index in [0.717, 1.165) is 0 Å². The molecule has 0 aromatic heterocycles. The van der Waals surface area contributed by atoms with Gasteiger partial charge < -0.3 is 10.5 Å². The van der Waals surface area contributed by atoms with Gasteiger partial charge in [-0.3, -0.25) is 0 Å². The lowest BCUT2D eigenvalue weighted by Crippen LogP contribution is -2.01. The van der Waals surface area contributed by atoms with Crippen LogP contribution in [-0.4, -0.2) is 11.3 Å². The second-order valence-corrected chi connectivity index (χ2v) is 5.17. The fourth-order valence-corrected chi connectivity index (χ4v) is 3.04. The maximum absolute atomic E-state index is 12.6. The lowest BCUT2D eigenvalue weighted by Gasteiger charge is -2.09. The number of nitrogens with two attached hydrogens (primary N) is 1. The number of benzene rings is 2. The Hall–Kier alpha value is -2.32. The SMILES string of the molecule is COc1ccccc1[S@@](=O)c1cccc(N)c1C#N. The molecule has 2 aromatic carbocycles. The molecule has 0 saturated heterocycles. The summed E-state index contributed by atoms with van der Waals surface area (Å²) in [6.45, 7) is 0. The van der Waals surface area contributed by atoms with E-state index in [0.29, 0.717) is 21.2 Å². The summed E-state index contributed by atoms with van der Waals surface area (Å²) in [4.78, 5) is 0.916. The highest BCUT2D eigenvalue weighted by Crippen LogP contribution is 2.29. The molecule has 1 atom stereocenters. The van der Waals surface area contributed by atoms with Crippen LogP contribution in [0.15, 0.2) is 52.3 Å². The van der Waals surface area contributed by atoms with E-state index < -0.39 is 10.8 Å². The van der Waals surface area contributed by atoms with Crippen molar-refractivity contribution in [1.82, 2.24) is 0 Å². The van der Waals surface area contributed by atoms with Gasteiger partial charge in [-0.25, -0.2) is 4.21 Å². The first-order valence-electron chi connectivity index (χ1n) is 5.52. The number of nitrogen functional groups attached to an aromatic ring is 1. The molecule has 2 N–H and O–H groups in total. The first kappa shape index (κ1) is 13.1. The summed E-state index contributed by atoms with van der Waals surface area (Å²) < 4.78 is 17.8. The molecular weight excluding hydrogens is 260 g/mol. The smallest absolute Gasteiger partial charge is 0.135 e. The molecule has 19 heavy (non-hydrogen) atoms. The van der Waals surface area contributed by atoms with E-state index >= 15 is 0 Å². The molecule has 0 spiro atoms. The van der Waals surface area contributed by atoms with Crippen LogP contribution in [0.5, 0.6) is 5.75 Å². The molecule has 5 heteroatoms. The van der Waals surface area contributed by atoms with Gasteiger partial charge in [0.2, 0.25) is 0 Å². The Kier molecular flexibility index (Phi) is 3.83. The summed E-state index contributed by atoms with van der Waals surface area (Å²) in [6.07, 6.45) is 0. The van der Waals surface area contributed by atoms with Crippen LogP contribution in [0, 0.1) is 11.3 Å². The number of rotatable bonds is 3. The monoisotopic (exact) mass is 272 g/mol. The standard InChI is InChI=1S/C14H12N2O2S/c1-18-12-6-2-3-7-14(12)19(17)13-8-4-5-11(16)10(13)9-15/h2-8H,16H2,1H3/t19-/m0/s1. The van der Waals surface area contributed by atoms with Crippen LogP contribution in [0.1, 0.15) is 5.56 Å². The zero-order valence-corrected chi connectivity index (χ0v) is 11.1. The highest BCUT2D eigenvalue weighted by atomic mass is 32.2. The second kappa shape index (κ2) is 5.55. The lowest BCUT2D eigenvalue weighted by molar-refractivity contribution is 0.404. The van der Waals surface area contributed by atoms with Crippen molar-refractivity contribution in [3.63, 3.8) is 0 Å². The van der Waals surface area contributed by atoms with E-state index in [1.54, 1.807) is 42.5 Å². The van der Waals surface area contributed by atoms with Crippen LogP contribution in [0.3, 0.4) is 0 Å². The topological polar surface area (TPSA) is 76.1 Å². The quantitative estimate of drug-likeness (QED) is 0.870. The molecule has 0 bridgehead atoms. The van der Waals surface area contributed by atoms with Gasteiger partial charge in [-0.1, -0.05) is 18.2 Å². The molecule has 0 amide bonds. The first-order valence-corrected chi connectivity index (χ1v) is 6.67. The van der Waals surface area contributed by atoms with Crippen LogP contribution >= 0.6 is 0 Å². The summed E-state index contributed by atoms with van der Waals surface area (Å²) in [5, 5.41) is 9.13. The predicted molar refractivity (Wildman–Crippen MR) is 73.2 cm³/mol. The summed E-state index contributed by atoms with van der Waals surface area (Å²) in [6, 6.07) is 13.9. The van der Waals surface area contributed by atoms with Gasteiger partial charge in [0.25, 0.3) is 0 Å². The highest BCUT2D eigenvalue weighted by molar-refractivity contribution is 7.85. The number of nitriles is 1. The zero-order chi connectivity index (χ0) is 13.8. The molecule has 0 aliphatic heterocycles. The van der Waals surface area contributed by atoms with Crippen molar-refractivity contribution in [2.24, 2.45) is 0 Å². The number of anilines is 1. The fraction of sp³-hybridized carbons (Fsp3) is 0.0714. The third-order valence-electron chi connectivity index (χ3n) is 2.64. The minimum atomic E-state index is -1.51.